The molecule has 3 heteroatoms. The molecule has 0 spiro atoms. The van der Waals surface area contributed by atoms with Gasteiger partial charge in [0.1, 0.15) is 17.3 Å². The SMILES string of the molecule is O=C1C[C@@]2(c3ccccc3)C(=O)CCC[C@@H]2O1. The van der Waals surface area contributed by atoms with Crippen molar-refractivity contribution in [3.05, 3.63) is 35.9 Å². The van der Waals surface area contributed by atoms with Gasteiger partial charge in [-0.15, -0.1) is 0 Å². The summed E-state index contributed by atoms with van der Waals surface area (Å²) in [5.74, 6) is -0.0834. The van der Waals surface area contributed by atoms with Gasteiger partial charge in [-0.05, 0) is 18.4 Å². The maximum atomic E-state index is 12.3. The molecule has 0 unspecified atom stereocenters. The summed E-state index contributed by atoms with van der Waals surface area (Å²) in [5.41, 5.74) is 0.233. The molecule has 0 amide bonds. The number of fused-ring (bicyclic) bond motifs is 1. The molecule has 3 rings (SSSR count). The molecule has 1 aromatic carbocycles. The minimum Gasteiger partial charge on any atom is -0.461 e. The molecule has 2 fully saturated rings. The minimum atomic E-state index is -0.698. The van der Waals surface area contributed by atoms with E-state index in [2.05, 4.69) is 0 Å². The Kier molecular flexibility index (Phi) is 2.28. The first kappa shape index (κ1) is 10.5. The van der Waals surface area contributed by atoms with Crippen molar-refractivity contribution in [1.29, 1.82) is 0 Å². The fraction of sp³-hybridized carbons (Fsp3) is 0.429. The Hall–Kier alpha value is -1.64. The lowest BCUT2D eigenvalue weighted by atomic mass is 9.66. The van der Waals surface area contributed by atoms with E-state index in [1.807, 2.05) is 30.3 Å². The third-order valence-corrected chi connectivity index (χ3v) is 3.90. The average Bonchev–Trinajstić information content (AvgIpc) is 2.69. The van der Waals surface area contributed by atoms with Crippen molar-refractivity contribution in [2.45, 2.75) is 37.2 Å². The summed E-state index contributed by atoms with van der Waals surface area (Å²) in [5, 5.41) is 0. The largest absolute Gasteiger partial charge is 0.461 e. The highest BCUT2D eigenvalue weighted by Gasteiger charge is 2.56. The summed E-state index contributed by atoms with van der Waals surface area (Å²) >= 11 is 0. The maximum absolute atomic E-state index is 12.3. The van der Waals surface area contributed by atoms with Gasteiger partial charge in [0, 0.05) is 6.42 Å². The van der Waals surface area contributed by atoms with Gasteiger partial charge < -0.3 is 4.74 Å². The molecule has 0 N–H and O–H groups in total. The lowest BCUT2D eigenvalue weighted by Gasteiger charge is -2.35. The van der Waals surface area contributed by atoms with E-state index >= 15 is 0 Å². The van der Waals surface area contributed by atoms with Crippen molar-refractivity contribution in [2.75, 3.05) is 0 Å². The number of hydrogen-bond donors (Lipinski definition) is 0. The van der Waals surface area contributed by atoms with Gasteiger partial charge in [-0.1, -0.05) is 30.3 Å². The zero-order valence-corrected chi connectivity index (χ0v) is 9.52. The molecule has 88 valence electrons. The summed E-state index contributed by atoms with van der Waals surface area (Å²) in [6.45, 7) is 0. The molecule has 1 aromatic rings. The van der Waals surface area contributed by atoms with Gasteiger partial charge in [0.15, 0.2) is 0 Å². The monoisotopic (exact) mass is 230 g/mol. The molecule has 1 saturated carbocycles. The van der Waals surface area contributed by atoms with Gasteiger partial charge in [0.05, 0.1) is 6.42 Å². The molecular weight excluding hydrogens is 216 g/mol. The first-order valence-corrected chi connectivity index (χ1v) is 6.02. The highest BCUT2D eigenvalue weighted by molar-refractivity contribution is 5.97. The number of Topliss-reactive ketones (excluding diaryl/α,β-unsaturated/α-hetero) is 1. The van der Waals surface area contributed by atoms with Crippen LogP contribution >= 0.6 is 0 Å². The second-order valence-electron chi connectivity index (χ2n) is 4.81. The lowest BCUT2D eigenvalue weighted by molar-refractivity contribution is -0.142. The van der Waals surface area contributed by atoms with E-state index in [0.717, 1.165) is 18.4 Å². The van der Waals surface area contributed by atoms with E-state index in [9.17, 15) is 9.59 Å². The molecule has 3 nitrogen and oxygen atoms in total. The standard InChI is InChI=1S/C14H14O3/c15-11-7-4-8-12-14(11,9-13(16)17-12)10-5-2-1-3-6-10/h1-3,5-6,12H,4,7-9H2/t12-,14+/m0/s1. The Labute approximate surface area is 99.8 Å². The Bertz CT molecular complexity index is 466. The number of esters is 1. The molecule has 1 aliphatic heterocycles. The van der Waals surface area contributed by atoms with E-state index in [-0.39, 0.29) is 24.3 Å². The molecule has 1 heterocycles. The first-order valence-electron chi connectivity index (χ1n) is 6.02. The molecule has 2 atom stereocenters. The predicted octanol–water partition coefficient (Wildman–Crippen LogP) is 1.99. The van der Waals surface area contributed by atoms with Gasteiger partial charge in [-0.2, -0.15) is 0 Å². The third kappa shape index (κ3) is 1.42. The zero-order valence-electron chi connectivity index (χ0n) is 9.52. The summed E-state index contributed by atoms with van der Waals surface area (Å²) in [4.78, 5) is 23.9. The first-order chi connectivity index (χ1) is 8.23. The molecule has 17 heavy (non-hydrogen) atoms. The van der Waals surface area contributed by atoms with E-state index in [1.54, 1.807) is 0 Å². The third-order valence-electron chi connectivity index (χ3n) is 3.90. The average molecular weight is 230 g/mol. The van der Waals surface area contributed by atoms with E-state index < -0.39 is 5.41 Å². The van der Waals surface area contributed by atoms with Gasteiger partial charge in [0.25, 0.3) is 0 Å². The Morgan fingerprint density at radius 3 is 2.71 bits per heavy atom. The van der Waals surface area contributed by atoms with Crippen molar-refractivity contribution in [1.82, 2.24) is 0 Å². The molecule has 0 bridgehead atoms. The summed E-state index contributed by atoms with van der Waals surface area (Å²) in [6, 6.07) is 9.59. The van der Waals surface area contributed by atoms with Crippen LogP contribution in [0.4, 0.5) is 0 Å². The van der Waals surface area contributed by atoms with E-state index in [1.165, 1.54) is 0 Å². The maximum Gasteiger partial charge on any atom is 0.307 e. The van der Waals surface area contributed by atoms with Gasteiger partial charge in [0.2, 0.25) is 0 Å². The topological polar surface area (TPSA) is 43.4 Å². The van der Waals surface area contributed by atoms with Crippen LogP contribution in [0.3, 0.4) is 0 Å². The van der Waals surface area contributed by atoms with E-state index in [4.69, 9.17) is 4.74 Å². The Morgan fingerprint density at radius 1 is 1.18 bits per heavy atom. The van der Waals surface area contributed by atoms with E-state index in [0.29, 0.717) is 6.42 Å². The van der Waals surface area contributed by atoms with Crippen LogP contribution in [0.15, 0.2) is 30.3 Å². The van der Waals surface area contributed by atoms with Crippen molar-refractivity contribution in [2.24, 2.45) is 0 Å². The second-order valence-corrected chi connectivity index (χ2v) is 4.81. The summed E-state index contributed by atoms with van der Waals surface area (Å²) < 4.78 is 5.33. The van der Waals surface area contributed by atoms with Gasteiger partial charge in [-0.3, -0.25) is 9.59 Å². The van der Waals surface area contributed by atoms with Crippen molar-refractivity contribution in [3.63, 3.8) is 0 Å². The number of benzene rings is 1. The zero-order chi connectivity index (χ0) is 11.9. The number of carbonyl (C=O) groups is 2. The van der Waals surface area contributed by atoms with Crippen molar-refractivity contribution >= 4 is 11.8 Å². The second kappa shape index (κ2) is 3.69. The van der Waals surface area contributed by atoms with Crippen LogP contribution in [0.5, 0.6) is 0 Å². The highest BCUT2D eigenvalue weighted by atomic mass is 16.6. The van der Waals surface area contributed by atoms with Gasteiger partial charge >= 0.3 is 5.97 Å². The summed E-state index contributed by atoms with van der Waals surface area (Å²) in [6.07, 6.45) is 2.14. The van der Waals surface area contributed by atoms with Crippen molar-refractivity contribution in [3.8, 4) is 0 Å². The molecule has 0 aromatic heterocycles. The molecule has 0 radical (unpaired) electrons. The lowest BCUT2D eigenvalue weighted by Crippen LogP contribution is -2.46. The fourth-order valence-corrected chi connectivity index (χ4v) is 3.08. The van der Waals surface area contributed by atoms with Crippen molar-refractivity contribution < 1.29 is 14.3 Å². The van der Waals surface area contributed by atoms with Crippen LogP contribution in [0.25, 0.3) is 0 Å². The van der Waals surface area contributed by atoms with Crippen LogP contribution in [0, 0.1) is 0 Å². The minimum absolute atomic E-state index is 0.158. The Balaban J connectivity index is 2.12. The fourth-order valence-electron chi connectivity index (χ4n) is 3.08. The predicted molar refractivity (Wildman–Crippen MR) is 61.5 cm³/mol. The summed E-state index contributed by atoms with van der Waals surface area (Å²) in [7, 11) is 0. The smallest absolute Gasteiger partial charge is 0.307 e. The molecule has 1 saturated heterocycles. The normalized spacial score (nSPS) is 32.1. The van der Waals surface area contributed by atoms with Crippen LogP contribution < -0.4 is 0 Å². The molecular formula is C14H14O3. The number of hydrogen-bond acceptors (Lipinski definition) is 3. The van der Waals surface area contributed by atoms with Crippen LogP contribution in [-0.2, 0) is 19.7 Å². The molecule has 2 aliphatic rings. The number of ether oxygens (including phenoxy) is 1. The number of ketones is 1. The van der Waals surface area contributed by atoms with Crippen LogP contribution in [0.1, 0.15) is 31.2 Å². The Morgan fingerprint density at radius 2 is 1.94 bits per heavy atom. The molecule has 1 aliphatic carbocycles. The van der Waals surface area contributed by atoms with Crippen LogP contribution in [-0.4, -0.2) is 17.9 Å². The quantitative estimate of drug-likeness (QED) is 0.693. The highest BCUT2D eigenvalue weighted by Crippen LogP contribution is 2.45. The number of rotatable bonds is 1. The number of carbonyl (C=O) groups excluding carboxylic acids is 2. The van der Waals surface area contributed by atoms with Gasteiger partial charge in [-0.25, -0.2) is 0 Å². The van der Waals surface area contributed by atoms with Crippen LogP contribution in [0.2, 0.25) is 0 Å².